The largest absolute Gasteiger partial charge is 0.465 e. The van der Waals surface area contributed by atoms with E-state index in [9.17, 15) is 14.4 Å². The van der Waals surface area contributed by atoms with Crippen LogP contribution in [-0.2, 0) is 28.9 Å². The van der Waals surface area contributed by atoms with Crippen LogP contribution >= 0.6 is 11.3 Å². The second kappa shape index (κ2) is 8.16. The molecule has 1 aromatic carbocycles. The molecular formula is C21H21N3O4S. The first-order valence-electron chi connectivity index (χ1n) is 9.55. The number of thiophene rings is 1. The minimum Gasteiger partial charge on any atom is -0.465 e. The van der Waals surface area contributed by atoms with E-state index < -0.39 is 11.9 Å². The summed E-state index contributed by atoms with van der Waals surface area (Å²) < 4.78 is 6.07. The Kier molecular flexibility index (Phi) is 5.44. The smallest absolute Gasteiger partial charge is 0.339 e. The molecule has 3 aromatic rings. The molecule has 29 heavy (non-hydrogen) atoms. The molecule has 1 aliphatic carbocycles. The van der Waals surface area contributed by atoms with E-state index in [4.69, 9.17) is 4.74 Å². The summed E-state index contributed by atoms with van der Waals surface area (Å²) in [6.07, 6.45) is 6.66. The van der Waals surface area contributed by atoms with Crippen LogP contribution in [0.1, 0.15) is 40.1 Å². The van der Waals surface area contributed by atoms with Crippen molar-refractivity contribution < 1.29 is 14.3 Å². The predicted molar refractivity (Wildman–Crippen MR) is 112 cm³/mol. The Morgan fingerprint density at radius 1 is 1.21 bits per heavy atom. The number of carbonyl (C=O) groups excluding carboxylic acids is 2. The molecule has 0 atom stereocenters. The van der Waals surface area contributed by atoms with Crippen LogP contribution < -0.4 is 10.9 Å². The Hall–Kier alpha value is -3.00. The van der Waals surface area contributed by atoms with Crippen LogP contribution in [0, 0.1) is 0 Å². The Morgan fingerprint density at radius 2 is 2.00 bits per heavy atom. The number of para-hydroxylation sites is 1. The van der Waals surface area contributed by atoms with Gasteiger partial charge in [-0.1, -0.05) is 18.6 Å². The SMILES string of the molecule is COC(=O)c1ccccc1NC(=O)Cn1cnc2sc3c(c2c1=O)CCCCC3. The number of nitrogens with zero attached hydrogens (tertiary/aromatic N) is 2. The first-order valence-corrected chi connectivity index (χ1v) is 10.4. The van der Waals surface area contributed by atoms with Crippen LogP contribution in [-0.4, -0.2) is 28.5 Å². The van der Waals surface area contributed by atoms with Gasteiger partial charge in [0.2, 0.25) is 5.91 Å². The number of methoxy groups -OCH3 is 1. The molecule has 2 heterocycles. The van der Waals surface area contributed by atoms with Crippen LogP contribution in [0.15, 0.2) is 35.4 Å². The fraction of sp³-hybridized carbons (Fsp3) is 0.333. The number of aromatic nitrogens is 2. The molecular weight excluding hydrogens is 390 g/mol. The second-order valence-corrected chi connectivity index (χ2v) is 8.09. The fourth-order valence-electron chi connectivity index (χ4n) is 3.70. The highest BCUT2D eigenvalue weighted by Gasteiger charge is 2.20. The number of rotatable bonds is 4. The Labute approximate surface area is 171 Å². The van der Waals surface area contributed by atoms with E-state index in [-0.39, 0.29) is 17.7 Å². The summed E-state index contributed by atoms with van der Waals surface area (Å²) in [5.74, 6) is -0.951. The maximum atomic E-state index is 13.1. The van der Waals surface area contributed by atoms with E-state index in [0.29, 0.717) is 11.1 Å². The summed E-state index contributed by atoms with van der Waals surface area (Å²) in [6, 6.07) is 6.59. The molecule has 2 aromatic heterocycles. The average molecular weight is 411 g/mol. The van der Waals surface area contributed by atoms with E-state index in [1.807, 2.05) is 0 Å². The number of aryl methyl sites for hydroxylation is 2. The number of benzene rings is 1. The molecule has 0 bridgehead atoms. The van der Waals surface area contributed by atoms with Gasteiger partial charge in [-0.3, -0.25) is 14.2 Å². The lowest BCUT2D eigenvalue weighted by atomic mass is 10.1. The highest BCUT2D eigenvalue weighted by atomic mass is 32.1. The van der Waals surface area contributed by atoms with Crippen molar-refractivity contribution in [1.82, 2.24) is 9.55 Å². The lowest BCUT2D eigenvalue weighted by molar-refractivity contribution is -0.116. The lowest BCUT2D eigenvalue weighted by Gasteiger charge is -2.10. The summed E-state index contributed by atoms with van der Waals surface area (Å²) in [6.45, 7) is -0.179. The summed E-state index contributed by atoms with van der Waals surface area (Å²) in [7, 11) is 1.28. The number of esters is 1. The Bertz CT molecular complexity index is 1150. The number of carbonyl (C=O) groups is 2. The van der Waals surface area contributed by atoms with E-state index in [2.05, 4.69) is 10.3 Å². The molecule has 4 rings (SSSR count). The molecule has 0 saturated heterocycles. The zero-order valence-electron chi connectivity index (χ0n) is 16.1. The van der Waals surface area contributed by atoms with Crippen molar-refractivity contribution >= 4 is 39.1 Å². The zero-order valence-corrected chi connectivity index (χ0v) is 16.9. The minimum absolute atomic E-state index is 0.179. The van der Waals surface area contributed by atoms with Gasteiger partial charge in [-0.05, 0) is 43.4 Å². The molecule has 1 amide bonds. The van der Waals surface area contributed by atoms with Crippen LogP contribution in [0.4, 0.5) is 5.69 Å². The third-order valence-corrected chi connectivity index (χ3v) is 6.31. The highest BCUT2D eigenvalue weighted by molar-refractivity contribution is 7.18. The summed E-state index contributed by atoms with van der Waals surface area (Å²) in [4.78, 5) is 43.9. The number of hydrogen-bond donors (Lipinski definition) is 1. The van der Waals surface area contributed by atoms with Gasteiger partial charge >= 0.3 is 5.97 Å². The van der Waals surface area contributed by atoms with E-state index >= 15 is 0 Å². The topological polar surface area (TPSA) is 90.3 Å². The van der Waals surface area contributed by atoms with Crippen molar-refractivity contribution in [3.05, 3.63) is 57.0 Å². The Balaban J connectivity index is 1.61. The van der Waals surface area contributed by atoms with Gasteiger partial charge in [0.25, 0.3) is 5.56 Å². The number of anilines is 1. The van der Waals surface area contributed by atoms with E-state index in [1.54, 1.807) is 35.6 Å². The van der Waals surface area contributed by atoms with Crippen molar-refractivity contribution in [1.29, 1.82) is 0 Å². The number of fused-ring (bicyclic) bond motifs is 3. The molecule has 0 unspecified atom stereocenters. The summed E-state index contributed by atoms with van der Waals surface area (Å²) in [5.41, 5.74) is 1.51. The molecule has 0 aliphatic heterocycles. The van der Waals surface area contributed by atoms with Crippen LogP contribution in [0.5, 0.6) is 0 Å². The van der Waals surface area contributed by atoms with Crippen LogP contribution in [0.25, 0.3) is 10.2 Å². The standard InChI is InChI=1S/C21H21N3O4S/c1-28-21(27)13-7-5-6-9-15(13)23-17(25)11-24-12-22-19-18(20(24)26)14-8-3-2-4-10-16(14)29-19/h5-7,9,12H,2-4,8,10-11H2,1H3,(H,23,25). The van der Waals surface area contributed by atoms with Crippen LogP contribution in [0.3, 0.4) is 0 Å². The quantitative estimate of drug-likeness (QED) is 0.526. The third kappa shape index (κ3) is 3.80. The monoisotopic (exact) mass is 411 g/mol. The van der Waals surface area contributed by atoms with Crippen molar-refractivity contribution in [2.24, 2.45) is 0 Å². The zero-order chi connectivity index (χ0) is 20.4. The summed E-state index contributed by atoms with van der Waals surface area (Å²) in [5, 5.41) is 3.34. The number of hydrogen-bond acceptors (Lipinski definition) is 6. The van der Waals surface area contributed by atoms with Crippen molar-refractivity contribution in [3.63, 3.8) is 0 Å². The second-order valence-electron chi connectivity index (χ2n) is 7.01. The molecule has 1 aliphatic rings. The van der Waals surface area contributed by atoms with Crippen molar-refractivity contribution in [2.75, 3.05) is 12.4 Å². The number of amides is 1. The first kappa shape index (κ1) is 19.3. The van der Waals surface area contributed by atoms with Gasteiger partial charge in [0.1, 0.15) is 11.4 Å². The molecule has 0 radical (unpaired) electrons. The maximum Gasteiger partial charge on any atom is 0.339 e. The van der Waals surface area contributed by atoms with Crippen LogP contribution in [0.2, 0.25) is 0 Å². The molecule has 1 N–H and O–H groups in total. The predicted octanol–water partition coefficient (Wildman–Crippen LogP) is 3.15. The van der Waals surface area contributed by atoms with Gasteiger partial charge < -0.3 is 10.1 Å². The number of ether oxygens (including phenoxy) is 1. The highest BCUT2D eigenvalue weighted by Crippen LogP contribution is 2.32. The normalized spacial score (nSPS) is 13.6. The third-order valence-electron chi connectivity index (χ3n) is 5.11. The first-order chi connectivity index (χ1) is 14.1. The van der Waals surface area contributed by atoms with Crippen molar-refractivity contribution in [3.8, 4) is 0 Å². The van der Waals surface area contributed by atoms with Crippen molar-refractivity contribution in [2.45, 2.75) is 38.6 Å². The van der Waals surface area contributed by atoms with Gasteiger partial charge in [-0.25, -0.2) is 9.78 Å². The average Bonchev–Trinajstić information content (AvgIpc) is 2.92. The van der Waals surface area contributed by atoms with E-state index in [1.165, 1.54) is 29.3 Å². The molecule has 7 nitrogen and oxygen atoms in total. The number of nitrogens with one attached hydrogen (secondary N) is 1. The Morgan fingerprint density at radius 3 is 2.83 bits per heavy atom. The molecule has 0 spiro atoms. The van der Waals surface area contributed by atoms with Gasteiger partial charge in [0, 0.05) is 4.88 Å². The van der Waals surface area contributed by atoms with Gasteiger partial charge in [0.05, 0.1) is 30.1 Å². The molecule has 150 valence electrons. The summed E-state index contributed by atoms with van der Waals surface area (Å²) >= 11 is 1.59. The van der Waals surface area contributed by atoms with Gasteiger partial charge in [-0.2, -0.15) is 0 Å². The van der Waals surface area contributed by atoms with E-state index in [0.717, 1.165) is 36.1 Å². The van der Waals surface area contributed by atoms with Gasteiger partial charge in [-0.15, -0.1) is 11.3 Å². The maximum absolute atomic E-state index is 13.1. The van der Waals surface area contributed by atoms with Gasteiger partial charge in [0.15, 0.2) is 0 Å². The minimum atomic E-state index is -0.540. The lowest BCUT2D eigenvalue weighted by Crippen LogP contribution is -2.28. The fourth-order valence-corrected chi connectivity index (χ4v) is 4.91. The molecule has 0 saturated carbocycles. The molecule has 0 fully saturated rings. The molecule has 8 heteroatoms.